The van der Waals surface area contributed by atoms with E-state index < -0.39 is 5.91 Å². The van der Waals surface area contributed by atoms with Crippen molar-refractivity contribution in [2.75, 3.05) is 0 Å². The molecule has 2 aromatic rings. The van der Waals surface area contributed by atoms with Gasteiger partial charge in [-0.25, -0.2) is 0 Å². The number of rotatable bonds is 5. The first-order valence-electron chi connectivity index (χ1n) is 6.44. The number of amides is 1. The van der Waals surface area contributed by atoms with Crippen molar-refractivity contribution in [1.29, 1.82) is 0 Å². The molecule has 3 N–H and O–H groups in total. The topological polar surface area (TPSA) is 55.1 Å². The number of carbonyl (C=O) groups is 1. The van der Waals surface area contributed by atoms with Crippen molar-refractivity contribution >= 4 is 21.8 Å². The first-order chi connectivity index (χ1) is 9.56. The van der Waals surface area contributed by atoms with Crippen LogP contribution in [-0.4, -0.2) is 5.91 Å². The van der Waals surface area contributed by atoms with Crippen molar-refractivity contribution in [2.24, 2.45) is 5.73 Å². The number of halogens is 1. The van der Waals surface area contributed by atoms with Gasteiger partial charge < -0.3 is 11.1 Å². The van der Waals surface area contributed by atoms with Gasteiger partial charge in [0.15, 0.2) is 0 Å². The Labute approximate surface area is 127 Å². The lowest BCUT2D eigenvalue weighted by atomic mass is 10.1. The van der Waals surface area contributed by atoms with Crippen LogP contribution in [0.5, 0.6) is 0 Å². The molecule has 0 saturated carbocycles. The van der Waals surface area contributed by atoms with Gasteiger partial charge in [-0.1, -0.05) is 40.2 Å². The highest BCUT2D eigenvalue weighted by molar-refractivity contribution is 9.10. The number of benzene rings is 2. The van der Waals surface area contributed by atoms with E-state index >= 15 is 0 Å². The highest BCUT2D eigenvalue weighted by atomic mass is 79.9. The zero-order valence-electron chi connectivity index (χ0n) is 11.3. The van der Waals surface area contributed by atoms with Crippen LogP contribution in [0.1, 0.15) is 34.5 Å². The second-order valence-electron chi connectivity index (χ2n) is 4.72. The van der Waals surface area contributed by atoms with Gasteiger partial charge in [-0.05, 0) is 42.3 Å². The Hall–Kier alpha value is -1.65. The zero-order chi connectivity index (χ0) is 14.5. The van der Waals surface area contributed by atoms with Gasteiger partial charge in [0, 0.05) is 22.6 Å². The third-order valence-corrected chi connectivity index (χ3v) is 3.69. The van der Waals surface area contributed by atoms with Crippen molar-refractivity contribution in [3.8, 4) is 0 Å². The van der Waals surface area contributed by atoms with Crippen molar-refractivity contribution in [1.82, 2.24) is 5.32 Å². The van der Waals surface area contributed by atoms with Gasteiger partial charge in [0.2, 0.25) is 5.91 Å². The maximum absolute atomic E-state index is 11.0. The molecule has 2 aromatic carbocycles. The molecule has 0 unspecified atom stereocenters. The molecule has 1 amide bonds. The number of primary amides is 1. The molecule has 20 heavy (non-hydrogen) atoms. The van der Waals surface area contributed by atoms with E-state index in [9.17, 15) is 4.79 Å². The first kappa shape index (κ1) is 14.8. The number of carbonyl (C=O) groups excluding carboxylic acids is 1. The molecule has 1 atom stereocenters. The van der Waals surface area contributed by atoms with E-state index in [4.69, 9.17) is 5.73 Å². The number of hydrogen-bond acceptors (Lipinski definition) is 2. The highest BCUT2D eigenvalue weighted by Crippen LogP contribution is 2.18. The summed E-state index contributed by atoms with van der Waals surface area (Å²) in [5.74, 6) is -0.396. The Balaban J connectivity index is 1.96. The Morgan fingerprint density at radius 1 is 1.25 bits per heavy atom. The maximum Gasteiger partial charge on any atom is 0.248 e. The molecule has 0 aliphatic rings. The summed E-state index contributed by atoms with van der Waals surface area (Å²) >= 11 is 3.48. The number of nitrogens with two attached hydrogens (primary N) is 1. The molecule has 0 spiro atoms. The van der Waals surface area contributed by atoms with E-state index in [1.165, 1.54) is 5.56 Å². The number of nitrogens with one attached hydrogen (secondary N) is 1. The lowest BCUT2D eigenvalue weighted by Gasteiger charge is -2.14. The van der Waals surface area contributed by atoms with Crippen molar-refractivity contribution in [3.05, 3.63) is 69.7 Å². The highest BCUT2D eigenvalue weighted by Gasteiger charge is 2.05. The molecule has 4 heteroatoms. The summed E-state index contributed by atoms with van der Waals surface area (Å²) < 4.78 is 1.08. The zero-order valence-corrected chi connectivity index (χ0v) is 12.9. The minimum absolute atomic E-state index is 0.253. The lowest BCUT2D eigenvalue weighted by molar-refractivity contribution is 0.100. The SMILES string of the molecule is C[C@@H](NCc1ccc(C(N)=O)cc1)c1cccc(Br)c1. The minimum atomic E-state index is -0.396. The Morgan fingerprint density at radius 2 is 1.95 bits per heavy atom. The largest absolute Gasteiger partial charge is 0.366 e. The van der Waals surface area contributed by atoms with E-state index in [1.54, 1.807) is 12.1 Å². The Bertz CT molecular complexity index is 596. The van der Waals surface area contributed by atoms with Crippen LogP contribution in [0.4, 0.5) is 0 Å². The fourth-order valence-electron chi connectivity index (χ4n) is 1.95. The van der Waals surface area contributed by atoms with Crippen LogP contribution in [0.15, 0.2) is 53.0 Å². The molecule has 0 saturated heterocycles. The van der Waals surface area contributed by atoms with Crippen molar-refractivity contribution < 1.29 is 4.79 Å². The van der Waals surface area contributed by atoms with Crippen LogP contribution in [0.3, 0.4) is 0 Å². The fourth-order valence-corrected chi connectivity index (χ4v) is 2.37. The van der Waals surface area contributed by atoms with Crippen molar-refractivity contribution in [3.63, 3.8) is 0 Å². The minimum Gasteiger partial charge on any atom is -0.366 e. The van der Waals surface area contributed by atoms with Crippen molar-refractivity contribution in [2.45, 2.75) is 19.5 Å². The summed E-state index contributed by atoms with van der Waals surface area (Å²) in [4.78, 5) is 11.0. The van der Waals surface area contributed by atoms with E-state index in [0.717, 1.165) is 16.6 Å². The molecule has 104 valence electrons. The molecule has 0 heterocycles. The van der Waals surface area contributed by atoms with Gasteiger partial charge in [0.1, 0.15) is 0 Å². The summed E-state index contributed by atoms with van der Waals surface area (Å²) in [6.45, 7) is 2.87. The second kappa shape index (κ2) is 6.68. The second-order valence-corrected chi connectivity index (χ2v) is 5.63. The maximum atomic E-state index is 11.0. The Morgan fingerprint density at radius 3 is 2.55 bits per heavy atom. The van der Waals surface area contributed by atoms with E-state index in [1.807, 2.05) is 24.3 Å². The monoisotopic (exact) mass is 332 g/mol. The van der Waals surface area contributed by atoms with Crippen LogP contribution in [0.2, 0.25) is 0 Å². The molecule has 0 aliphatic heterocycles. The normalized spacial score (nSPS) is 12.1. The molecule has 0 aromatic heterocycles. The third kappa shape index (κ3) is 3.92. The summed E-state index contributed by atoms with van der Waals surface area (Å²) in [6, 6.07) is 15.8. The first-order valence-corrected chi connectivity index (χ1v) is 7.23. The van der Waals surface area contributed by atoms with E-state index in [-0.39, 0.29) is 6.04 Å². The average Bonchev–Trinajstić information content (AvgIpc) is 2.45. The molecular weight excluding hydrogens is 316 g/mol. The third-order valence-electron chi connectivity index (χ3n) is 3.20. The smallest absolute Gasteiger partial charge is 0.248 e. The summed E-state index contributed by atoms with van der Waals surface area (Å²) in [5.41, 5.74) is 8.10. The molecule has 0 aliphatic carbocycles. The van der Waals surface area contributed by atoms with Gasteiger partial charge in [-0.15, -0.1) is 0 Å². The van der Waals surface area contributed by atoms with Gasteiger partial charge in [-0.3, -0.25) is 4.79 Å². The van der Waals surface area contributed by atoms with Crippen LogP contribution < -0.4 is 11.1 Å². The standard InChI is InChI=1S/C16H17BrN2O/c1-11(14-3-2-4-15(17)9-14)19-10-12-5-7-13(8-6-12)16(18)20/h2-9,11,19H,10H2,1H3,(H2,18,20)/t11-/m1/s1. The van der Waals surface area contributed by atoms with Gasteiger partial charge in [0.25, 0.3) is 0 Å². The van der Waals surface area contributed by atoms with Crippen LogP contribution in [0, 0.1) is 0 Å². The molecular formula is C16H17BrN2O. The van der Waals surface area contributed by atoms with Gasteiger partial charge in [-0.2, -0.15) is 0 Å². The Kier molecular flexibility index (Phi) is 4.93. The van der Waals surface area contributed by atoms with E-state index in [2.05, 4.69) is 40.3 Å². The van der Waals surface area contributed by atoms with Crippen LogP contribution in [0.25, 0.3) is 0 Å². The predicted molar refractivity (Wildman–Crippen MR) is 84.4 cm³/mol. The average molecular weight is 333 g/mol. The lowest BCUT2D eigenvalue weighted by Crippen LogP contribution is -2.18. The quantitative estimate of drug-likeness (QED) is 0.881. The van der Waals surface area contributed by atoms with Gasteiger partial charge in [0.05, 0.1) is 0 Å². The van der Waals surface area contributed by atoms with Gasteiger partial charge >= 0.3 is 0 Å². The number of hydrogen-bond donors (Lipinski definition) is 2. The molecule has 2 rings (SSSR count). The molecule has 0 fully saturated rings. The molecule has 0 bridgehead atoms. The van der Waals surface area contributed by atoms with Crippen LogP contribution >= 0.6 is 15.9 Å². The molecule has 0 radical (unpaired) electrons. The summed E-state index contributed by atoms with van der Waals surface area (Å²) in [5, 5.41) is 3.45. The van der Waals surface area contributed by atoms with E-state index in [0.29, 0.717) is 5.56 Å². The van der Waals surface area contributed by atoms with Crippen LogP contribution in [-0.2, 0) is 6.54 Å². The predicted octanol–water partition coefficient (Wildman–Crippen LogP) is 3.40. The summed E-state index contributed by atoms with van der Waals surface area (Å²) in [6.07, 6.45) is 0. The fraction of sp³-hybridized carbons (Fsp3) is 0.188. The summed E-state index contributed by atoms with van der Waals surface area (Å²) in [7, 11) is 0. The molecule has 3 nitrogen and oxygen atoms in total.